The van der Waals surface area contributed by atoms with Gasteiger partial charge in [0.2, 0.25) is 23.8 Å². The molecule has 11 N–H and O–H groups in total. The van der Waals surface area contributed by atoms with Crippen molar-refractivity contribution in [2.75, 3.05) is 13.2 Å². The second-order valence-corrected chi connectivity index (χ2v) is 12.6. The molecule has 3 heterocycles. The minimum absolute atomic E-state index is 0.0149. The number of benzene rings is 3. The number of hydrogen-bond donors (Lipinski definition) is 11. The predicted molar refractivity (Wildman–Crippen MR) is 183 cm³/mol. The minimum atomic E-state index is -2.03. The van der Waals surface area contributed by atoms with Crippen molar-refractivity contribution in [3.63, 3.8) is 0 Å². The zero-order chi connectivity index (χ0) is 39.7. The topological polar surface area (TPSA) is 316 Å². The van der Waals surface area contributed by atoms with Gasteiger partial charge in [-0.2, -0.15) is 0 Å². The van der Waals surface area contributed by atoms with Crippen LogP contribution in [-0.4, -0.2) is 137 Å². The van der Waals surface area contributed by atoms with Gasteiger partial charge in [0, 0.05) is 23.8 Å². The summed E-state index contributed by atoms with van der Waals surface area (Å²) in [5.74, 6) is -4.45. The SMILES string of the molecule is O=C(/C=C\c1ccc(O)cc1)OC[C@@H]1O[C@H](Oc2c(-c3ccc(O)c(O)c3)oc3cc(O[C@H]4O[C@@H](CO)[C@@H](O)[C@H](O)[C@H]4O)cc(O)c3c2=O)[C@H](O)[C@@H](O)[C@@H]1O. The summed E-state index contributed by atoms with van der Waals surface area (Å²) >= 11 is 0. The maximum absolute atomic E-state index is 14.0. The van der Waals surface area contributed by atoms with Crippen LogP contribution in [0.25, 0.3) is 28.4 Å². The zero-order valence-electron chi connectivity index (χ0n) is 28.2. The number of ether oxygens (including phenoxy) is 5. The van der Waals surface area contributed by atoms with E-state index in [0.29, 0.717) is 5.56 Å². The molecule has 55 heavy (non-hydrogen) atoms. The van der Waals surface area contributed by atoms with Gasteiger partial charge in [0.25, 0.3) is 0 Å². The van der Waals surface area contributed by atoms with Crippen LogP contribution in [0.1, 0.15) is 5.56 Å². The predicted octanol–water partition coefficient (Wildman–Crippen LogP) is -1.10. The summed E-state index contributed by atoms with van der Waals surface area (Å²) in [6.07, 6.45) is -15.2. The van der Waals surface area contributed by atoms with Crippen LogP contribution in [-0.2, 0) is 19.0 Å². The van der Waals surface area contributed by atoms with Crippen LogP contribution in [0, 0.1) is 0 Å². The highest BCUT2D eigenvalue weighted by Crippen LogP contribution is 2.40. The van der Waals surface area contributed by atoms with Crippen molar-refractivity contribution in [2.45, 2.75) is 61.4 Å². The molecule has 2 fully saturated rings. The fourth-order valence-corrected chi connectivity index (χ4v) is 5.82. The molecule has 0 bridgehead atoms. The highest BCUT2D eigenvalue weighted by Gasteiger charge is 2.47. The van der Waals surface area contributed by atoms with Gasteiger partial charge in [0.15, 0.2) is 17.3 Å². The van der Waals surface area contributed by atoms with Crippen LogP contribution in [0.4, 0.5) is 0 Å². The Hall–Kier alpha value is -5.48. The molecule has 294 valence electrons. The van der Waals surface area contributed by atoms with Gasteiger partial charge in [0.1, 0.15) is 83.7 Å². The molecule has 2 saturated heterocycles. The molecule has 1 aromatic heterocycles. The Balaban J connectivity index is 1.31. The average Bonchev–Trinajstić information content (AvgIpc) is 3.16. The number of aliphatic hydroxyl groups is 7. The largest absolute Gasteiger partial charge is 0.508 e. The number of aliphatic hydroxyl groups excluding tert-OH is 7. The van der Waals surface area contributed by atoms with E-state index in [-0.39, 0.29) is 17.1 Å². The normalized spacial score (nSPS) is 28.3. The number of aromatic hydroxyl groups is 4. The van der Waals surface area contributed by atoms with E-state index in [0.717, 1.165) is 30.3 Å². The third kappa shape index (κ3) is 8.15. The van der Waals surface area contributed by atoms with Crippen molar-refractivity contribution in [3.8, 4) is 45.8 Å². The number of carbonyl (C=O) groups is 1. The van der Waals surface area contributed by atoms with Gasteiger partial charge in [-0.05, 0) is 42.0 Å². The van der Waals surface area contributed by atoms with E-state index in [1.807, 2.05) is 0 Å². The zero-order valence-corrected chi connectivity index (χ0v) is 28.2. The van der Waals surface area contributed by atoms with Crippen molar-refractivity contribution < 1.29 is 89.1 Å². The quantitative estimate of drug-likeness (QED) is 0.0518. The first-order valence-corrected chi connectivity index (χ1v) is 16.5. The molecule has 2 aliphatic rings. The van der Waals surface area contributed by atoms with Crippen LogP contribution in [0.2, 0.25) is 0 Å². The molecule has 0 spiro atoms. The first-order valence-electron chi connectivity index (χ1n) is 16.5. The van der Waals surface area contributed by atoms with Crippen molar-refractivity contribution in [2.24, 2.45) is 0 Å². The summed E-state index contributed by atoms with van der Waals surface area (Å²) in [4.78, 5) is 26.4. The van der Waals surface area contributed by atoms with Gasteiger partial charge >= 0.3 is 5.97 Å². The number of carbonyl (C=O) groups excluding carboxylic acids is 1. The molecule has 0 aliphatic carbocycles. The Bertz CT molecular complexity index is 2100. The summed E-state index contributed by atoms with van der Waals surface area (Å²) < 4.78 is 33.4. The van der Waals surface area contributed by atoms with Crippen molar-refractivity contribution in [1.29, 1.82) is 0 Å². The van der Waals surface area contributed by atoms with E-state index in [1.54, 1.807) is 0 Å². The average molecular weight is 773 g/mol. The van der Waals surface area contributed by atoms with Crippen molar-refractivity contribution in [1.82, 2.24) is 0 Å². The van der Waals surface area contributed by atoms with Gasteiger partial charge in [-0.15, -0.1) is 0 Å². The molecule has 6 rings (SSSR count). The van der Waals surface area contributed by atoms with E-state index in [4.69, 9.17) is 28.1 Å². The van der Waals surface area contributed by atoms with E-state index >= 15 is 0 Å². The minimum Gasteiger partial charge on any atom is -0.508 e. The monoisotopic (exact) mass is 772 g/mol. The lowest BCUT2D eigenvalue weighted by atomic mass is 9.99. The fourth-order valence-electron chi connectivity index (χ4n) is 5.82. The summed E-state index contributed by atoms with van der Waals surface area (Å²) in [7, 11) is 0. The molecule has 3 aromatic carbocycles. The Labute approximate surface area is 308 Å². The molecular weight excluding hydrogens is 736 g/mol. The number of hydrogen-bond acceptors (Lipinski definition) is 19. The molecule has 0 radical (unpaired) electrons. The van der Waals surface area contributed by atoms with Gasteiger partial charge in [-0.3, -0.25) is 4.79 Å². The highest BCUT2D eigenvalue weighted by molar-refractivity contribution is 5.89. The first-order chi connectivity index (χ1) is 26.2. The lowest BCUT2D eigenvalue weighted by Gasteiger charge is -2.39. The van der Waals surface area contributed by atoms with E-state index in [2.05, 4.69) is 0 Å². The van der Waals surface area contributed by atoms with Crippen LogP contribution >= 0.6 is 0 Å². The number of phenolic OH excluding ortho intramolecular Hbond substituents is 4. The van der Waals surface area contributed by atoms with Crippen molar-refractivity contribution in [3.05, 3.63) is 76.5 Å². The standard InChI is InChI=1S/C36H36O19/c37-12-22-26(43)29(46)31(48)35(53-22)51-17-10-20(41)25-21(11-17)52-33(15-4-7-18(39)19(40)9-15)34(28(25)45)55-36-32(49)30(47)27(44)23(54-36)13-50-24(42)8-3-14-1-5-16(38)6-2-14/h1-11,22-23,26-27,29-32,35-41,43-44,46-49H,12-13H2/b8-3-/t22-,23-,26+,27+,29-,30-,31+,32+,35-,36+/m0/s1. The number of fused-ring (bicyclic) bond motifs is 1. The van der Waals surface area contributed by atoms with Crippen LogP contribution in [0.15, 0.2) is 69.9 Å². The number of esters is 1. The molecule has 0 amide bonds. The van der Waals surface area contributed by atoms with Crippen LogP contribution in [0.5, 0.6) is 34.5 Å². The number of phenols is 4. The molecule has 10 atom stereocenters. The molecule has 4 aromatic rings. The molecule has 0 saturated carbocycles. The number of rotatable bonds is 10. The third-order valence-electron chi connectivity index (χ3n) is 8.84. The first kappa shape index (κ1) is 39.2. The Kier molecular flexibility index (Phi) is 11.5. The van der Waals surface area contributed by atoms with E-state index in [9.17, 15) is 65.8 Å². The Morgan fingerprint density at radius 2 is 1.35 bits per heavy atom. The molecule has 19 nitrogen and oxygen atoms in total. The van der Waals surface area contributed by atoms with E-state index in [1.165, 1.54) is 36.4 Å². The molecule has 19 heteroatoms. The van der Waals surface area contributed by atoms with Gasteiger partial charge in [-0.1, -0.05) is 12.1 Å². The van der Waals surface area contributed by atoms with Crippen LogP contribution in [0.3, 0.4) is 0 Å². The fraction of sp³-hybridized carbons (Fsp3) is 0.333. The maximum atomic E-state index is 14.0. The molecule has 2 aliphatic heterocycles. The summed E-state index contributed by atoms with van der Waals surface area (Å²) in [6.45, 7) is -1.43. The smallest absolute Gasteiger partial charge is 0.330 e. The summed E-state index contributed by atoms with van der Waals surface area (Å²) in [5, 5.41) is 112. The maximum Gasteiger partial charge on any atom is 0.330 e. The lowest BCUT2D eigenvalue weighted by Crippen LogP contribution is -2.60. The summed E-state index contributed by atoms with van der Waals surface area (Å²) in [6, 6.07) is 11.0. The highest BCUT2D eigenvalue weighted by atomic mass is 16.7. The molecular formula is C36H36O19. The van der Waals surface area contributed by atoms with Gasteiger partial charge < -0.3 is 84.3 Å². The molecule has 0 unspecified atom stereocenters. The lowest BCUT2D eigenvalue weighted by molar-refractivity contribution is -0.278. The second-order valence-electron chi connectivity index (χ2n) is 12.6. The summed E-state index contributed by atoms with van der Waals surface area (Å²) in [5.41, 5.74) is -1.07. The Morgan fingerprint density at radius 3 is 2.00 bits per heavy atom. The van der Waals surface area contributed by atoms with Crippen molar-refractivity contribution >= 4 is 23.0 Å². The Morgan fingerprint density at radius 1 is 0.709 bits per heavy atom. The van der Waals surface area contributed by atoms with Crippen LogP contribution < -0.4 is 14.9 Å². The van der Waals surface area contributed by atoms with Gasteiger partial charge in [0.05, 0.1) is 6.61 Å². The third-order valence-corrected chi connectivity index (χ3v) is 8.84. The van der Waals surface area contributed by atoms with Gasteiger partial charge in [-0.25, -0.2) is 4.79 Å². The second kappa shape index (κ2) is 16.1. The van der Waals surface area contributed by atoms with E-state index < -0.39 is 126 Å².